The summed E-state index contributed by atoms with van der Waals surface area (Å²) in [6.07, 6.45) is 3.17. The van der Waals surface area contributed by atoms with Gasteiger partial charge in [-0.3, -0.25) is 0 Å². The van der Waals surface area contributed by atoms with Gasteiger partial charge in [0.25, 0.3) is 11.6 Å². The Labute approximate surface area is 171 Å². The van der Waals surface area contributed by atoms with Crippen molar-refractivity contribution in [2.75, 3.05) is 6.61 Å². The summed E-state index contributed by atoms with van der Waals surface area (Å²) >= 11 is 6.30. The molecule has 0 spiro atoms. The normalized spacial score (nSPS) is 17.1. The second kappa shape index (κ2) is 10.0. The van der Waals surface area contributed by atoms with E-state index in [1.165, 1.54) is 0 Å². The van der Waals surface area contributed by atoms with Gasteiger partial charge in [0.1, 0.15) is 6.61 Å². The number of rotatable bonds is 8. The van der Waals surface area contributed by atoms with E-state index in [0.29, 0.717) is 36.9 Å². The number of ether oxygens (including phenoxy) is 3. The van der Waals surface area contributed by atoms with Crippen molar-refractivity contribution in [2.24, 2.45) is 5.92 Å². The molecule has 0 radical (unpaired) electrons. The van der Waals surface area contributed by atoms with E-state index in [1.54, 1.807) is 0 Å². The molecule has 7 heteroatoms. The van der Waals surface area contributed by atoms with Crippen LogP contribution >= 0.6 is 11.6 Å². The van der Waals surface area contributed by atoms with Crippen LogP contribution in [-0.4, -0.2) is 17.9 Å². The SMILES string of the molecule is CC(C)Cc1c(OCc2ccccc2)nc(COC2CCCCO2)c(Cl)[n+]1[O-]. The van der Waals surface area contributed by atoms with Crippen molar-refractivity contribution in [3.8, 4) is 5.88 Å². The number of hydrogen-bond acceptors (Lipinski definition) is 5. The first-order chi connectivity index (χ1) is 13.5. The average molecular weight is 407 g/mol. The summed E-state index contributed by atoms with van der Waals surface area (Å²) < 4.78 is 18.0. The van der Waals surface area contributed by atoms with Gasteiger partial charge in [-0.15, -0.1) is 0 Å². The van der Waals surface area contributed by atoms with E-state index < -0.39 is 0 Å². The van der Waals surface area contributed by atoms with E-state index >= 15 is 0 Å². The van der Waals surface area contributed by atoms with Gasteiger partial charge < -0.3 is 19.4 Å². The predicted octanol–water partition coefficient (Wildman–Crippen LogP) is 4.19. The van der Waals surface area contributed by atoms with Gasteiger partial charge >= 0.3 is 5.15 Å². The van der Waals surface area contributed by atoms with E-state index in [1.807, 2.05) is 44.2 Å². The fourth-order valence-electron chi connectivity index (χ4n) is 3.06. The molecule has 3 rings (SSSR count). The lowest BCUT2D eigenvalue weighted by Gasteiger charge is -2.22. The molecule has 0 aliphatic carbocycles. The lowest BCUT2D eigenvalue weighted by atomic mass is 10.1. The van der Waals surface area contributed by atoms with E-state index in [9.17, 15) is 5.21 Å². The zero-order valence-electron chi connectivity index (χ0n) is 16.4. The highest BCUT2D eigenvalue weighted by Gasteiger charge is 2.26. The third-order valence-electron chi connectivity index (χ3n) is 4.51. The van der Waals surface area contributed by atoms with Crippen molar-refractivity contribution in [1.29, 1.82) is 0 Å². The Morgan fingerprint density at radius 3 is 2.71 bits per heavy atom. The summed E-state index contributed by atoms with van der Waals surface area (Å²) in [7, 11) is 0. The van der Waals surface area contributed by atoms with E-state index in [-0.39, 0.29) is 24.0 Å². The van der Waals surface area contributed by atoms with Crippen molar-refractivity contribution in [3.05, 3.63) is 57.6 Å². The van der Waals surface area contributed by atoms with Crippen LogP contribution in [0.25, 0.3) is 0 Å². The molecular formula is C21H27ClN2O4. The number of nitrogens with zero attached hydrogens (tertiary/aromatic N) is 2. The van der Waals surface area contributed by atoms with E-state index in [4.69, 9.17) is 25.8 Å². The van der Waals surface area contributed by atoms with Gasteiger partial charge in [-0.05, 0) is 42.3 Å². The summed E-state index contributed by atoms with van der Waals surface area (Å²) in [5, 5.41) is 12.8. The molecule has 0 saturated carbocycles. The maximum atomic E-state index is 12.8. The lowest BCUT2D eigenvalue weighted by molar-refractivity contribution is -0.613. The van der Waals surface area contributed by atoms with Gasteiger partial charge in [0.15, 0.2) is 12.0 Å². The van der Waals surface area contributed by atoms with Crippen LogP contribution in [0, 0.1) is 11.1 Å². The van der Waals surface area contributed by atoms with Crippen LogP contribution in [0.2, 0.25) is 5.15 Å². The molecule has 1 atom stereocenters. The second-order valence-corrected chi connectivity index (χ2v) is 7.73. The van der Waals surface area contributed by atoms with Gasteiger partial charge in [-0.25, -0.2) is 4.98 Å². The van der Waals surface area contributed by atoms with Crippen molar-refractivity contribution in [2.45, 2.75) is 59.0 Å². The van der Waals surface area contributed by atoms with Gasteiger partial charge in [0, 0.05) is 13.0 Å². The molecule has 0 amide bonds. The largest absolute Gasteiger partial charge is 0.617 e. The summed E-state index contributed by atoms with van der Waals surface area (Å²) in [5.74, 6) is 0.565. The van der Waals surface area contributed by atoms with Crippen LogP contribution in [0.5, 0.6) is 5.88 Å². The molecule has 152 valence electrons. The summed E-state index contributed by atoms with van der Waals surface area (Å²) in [4.78, 5) is 4.53. The third-order valence-corrected chi connectivity index (χ3v) is 4.88. The second-order valence-electron chi connectivity index (χ2n) is 7.37. The summed E-state index contributed by atoms with van der Waals surface area (Å²) in [6.45, 7) is 5.19. The molecule has 1 saturated heterocycles. The Balaban J connectivity index is 1.80. The third kappa shape index (κ3) is 5.56. The van der Waals surface area contributed by atoms with Gasteiger partial charge in [-0.2, -0.15) is 4.73 Å². The molecule has 1 aromatic carbocycles. The maximum Gasteiger partial charge on any atom is 0.311 e. The van der Waals surface area contributed by atoms with Crippen molar-refractivity contribution >= 4 is 11.6 Å². The Hall–Kier alpha value is -1.89. The maximum absolute atomic E-state index is 12.8. The fraction of sp³-hybridized carbons (Fsp3) is 0.524. The average Bonchev–Trinajstić information content (AvgIpc) is 2.71. The van der Waals surface area contributed by atoms with Crippen LogP contribution in [0.4, 0.5) is 0 Å². The summed E-state index contributed by atoms with van der Waals surface area (Å²) in [6, 6.07) is 9.77. The predicted molar refractivity (Wildman–Crippen MR) is 106 cm³/mol. The van der Waals surface area contributed by atoms with Crippen LogP contribution < -0.4 is 9.47 Å². The van der Waals surface area contributed by atoms with Crippen LogP contribution in [0.1, 0.15) is 50.1 Å². The number of benzene rings is 1. The van der Waals surface area contributed by atoms with Crippen molar-refractivity contribution < 1.29 is 18.9 Å². The highest BCUT2D eigenvalue weighted by atomic mass is 35.5. The lowest BCUT2D eigenvalue weighted by Crippen LogP contribution is -2.37. The monoisotopic (exact) mass is 406 g/mol. The first kappa shape index (κ1) is 20.8. The Bertz CT molecular complexity index is 765. The Morgan fingerprint density at radius 2 is 2.04 bits per heavy atom. The minimum absolute atomic E-state index is 0.0264. The minimum atomic E-state index is -0.282. The van der Waals surface area contributed by atoms with Gasteiger partial charge in [0.2, 0.25) is 0 Å². The zero-order chi connectivity index (χ0) is 19.9. The molecule has 1 fully saturated rings. The quantitative estimate of drug-likeness (QED) is 0.485. The number of aromatic nitrogens is 2. The first-order valence-electron chi connectivity index (χ1n) is 9.75. The Morgan fingerprint density at radius 1 is 1.25 bits per heavy atom. The first-order valence-corrected chi connectivity index (χ1v) is 10.1. The number of halogens is 1. The summed E-state index contributed by atoms with van der Waals surface area (Å²) in [5.41, 5.74) is 1.80. The van der Waals surface area contributed by atoms with Gasteiger partial charge in [-0.1, -0.05) is 44.2 Å². The highest BCUT2D eigenvalue weighted by molar-refractivity contribution is 6.29. The van der Waals surface area contributed by atoms with Crippen LogP contribution in [0.3, 0.4) is 0 Å². The van der Waals surface area contributed by atoms with Crippen LogP contribution in [-0.2, 0) is 29.1 Å². The zero-order valence-corrected chi connectivity index (χ0v) is 17.2. The topological polar surface area (TPSA) is 67.5 Å². The fourth-order valence-corrected chi connectivity index (χ4v) is 3.26. The van der Waals surface area contributed by atoms with Crippen molar-refractivity contribution in [3.63, 3.8) is 0 Å². The molecular weight excluding hydrogens is 380 g/mol. The molecule has 1 aliphatic rings. The minimum Gasteiger partial charge on any atom is -0.617 e. The Kier molecular flexibility index (Phi) is 7.48. The van der Waals surface area contributed by atoms with Crippen molar-refractivity contribution in [1.82, 2.24) is 4.98 Å². The number of hydrogen-bond donors (Lipinski definition) is 0. The van der Waals surface area contributed by atoms with Crippen LogP contribution in [0.15, 0.2) is 30.3 Å². The van der Waals surface area contributed by atoms with E-state index in [0.717, 1.165) is 29.6 Å². The molecule has 1 unspecified atom stereocenters. The molecule has 2 aromatic rings. The molecule has 1 aromatic heterocycles. The molecule has 1 aliphatic heterocycles. The molecule has 2 heterocycles. The standard InChI is InChI=1S/C21H27ClN2O4/c1-15(2)12-18-21(28-13-16-8-4-3-5-9-16)23-17(20(22)24(18)25)14-27-19-10-6-7-11-26-19/h3-5,8-9,15,19H,6-7,10-14H2,1-2H3. The highest BCUT2D eigenvalue weighted by Crippen LogP contribution is 2.23. The smallest absolute Gasteiger partial charge is 0.311 e. The molecule has 6 nitrogen and oxygen atoms in total. The molecule has 0 N–H and O–H groups in total. The molecule has 28 heavy (non-hydrogen) atoms. The van der Waals surface area contributed by atoms with Gasteiger partial charge in [0.05, 0.1) is 6.61 Å². The molecule has 0 bridgehead atoms. The van der Waals surface area contributed by atoms with E-state index in [2.05, 4.69) is 4.98 Å².